The summed E-state index contributed by atoms with van der Waals surface area (Å²) in [6.45, 7) is 0.466. The average molecular weight is 360 g/mol. The Morgan fingerprint density at radius 1 is 0.846 bits per heavy atom. The zero-order chi connectivity index (χ0) is 18.9. The smallest absolute Gasteiger partial charge is 0.226 e. The van der Waals surface area contributed by atoms with Crippen molar-refractivity contribution >= 4 is 17.3 Å². The van der Waals surface area contributed by atoms with Gasteiger partial charge in [-0.15, -0.1) is 0 Å². The predicted molar refractivity (Wildman–Crippen MR) is 101 cm³/mol. The molecule has 7 heteroatoms. The van der Waals surface area contributed by atoms with Gasteiger partial charge in [-0.2, -0.15) is 0 Å². The van der Waals surface area contributed by atoms with E-state index in [0.29, 0.717) is 35.2 Å². The number of hydrogen-bond donors (Lipinski definition) is 2. The summed E-state index contributed by atoms with van der Waals surface area (Å²) in [5.74, 6) is 2.37. The van der Waals surface area contributed by atoms with E-state index in [-0.39, 0.29) is 12.3 Å². The third kappa shape index (κ3) is 4.95. The molecule has 0 fully saturated rings. The fourth-order valence-corrected chi connectivity index (χ4v) is 2.39. The number of rotatable bonds is 9. The zero-order valence-electron chi connectivity index (χ0n) is 15.4. The molecule has 140 valence electrons. The van der Waals surface area contributed by atoms with E-state index in [9.17, 15) is 4.79 Å². The first kappa shape index (κ1) is 19.2. The molecule has 0 aliphatic rings. The van der Waals surface area contributed by atoms with Crippen LogP contribution < -0.4 is 29.6 Å². The standard InChI is InChI=1S/C19H24N2O5/c1-23-14-6-8-16(24-2)15(12-14)21-19(22)9-10-20-13-5-7-17(25-3)18(11-13)26-4/h5-8,11-12,20H,9-10H2,1-4H3,(H,21,22). The third-order valence-corrected chi connectivity index (χ3v) is 3.75. The van der Waals surface area contributed by atoms with Gasteiger partial charge in [0.25, 0.3) is 0 Å². The van der Waals surface area contributed by atoms with Crippen LogP contribution in [0, 0.1) is 0 Å². The lowest BCUT2D eigenvalue weighted by atomic mass is 10.2. The molecule has 26 heavy (non-hydrogen) atoms. The Hall–Kier alpha value is -3.09. The highest BCUT2D eigenvalue weighted by Crippen LogP contribution is 2.30. The van der Waals surface area contributed by atoms with Crippen molar-refractivity contribution in [3.63, 3.8) is 0 Å². The summed E-state index contributed by atoms with van der Waals surface area (Å²) in [6.07, 6.45) is 0.286. The minimum atomic E-state index is -0.135. The molecule has 0 unspecified atom stereocenters. The summed E-state index contributed by atoms with van der Waals surface area (Å²) in [6, 6.07) is 10.7. The maximum atomic E-state index is 12.2. The van der Waals surface area contributed by atoms with Crippen LogP contribution >= 0.6 is 0 Å². The van der Waals surface area contributed by atoms with E-state index in [0.717, 1.165) is 5.69 Å². The van der Waals surface area contributed by atoms with Gasteiger partial charge in [-0.05, 0) is 24.3 Å². The van der Waals surface area contributed by atoms with Gasteiger partial charge in [0.1, 0.15) is 11.5 Å². The molecular formula is C19H24N2O5. The van der Waals surface area contributed by atoms with Crippen LogP contribution in [0.4, 0.5) is 11.4 Å². The highest BCUT2D eigenvalue weighted by atomic mass is 16.5. The molecule has 0 atom stereocenters. The van der Waals surface area contributed by atoms with Crippen molar-refractivity contribution in [2.24, 2.45) is 0 Å². The van der Waals surface area contributed by atoms with Crippen molar-refractivity contribution < 1.29 is 23.7 Å². The number of methoxy groups -OCH3 is 4. The van der Waals surface area contributed by atoms with Gasteiger partial charge in [-0.3, -0.25) is 4.79 Å². The van der Waals surface area contributed by atoms with E-state index >= 15 is 0 Å². The van der Waals surface area contributed by atoms with Gasteiger partial charge in [0.15, 0.2) is 11.5 Å². The van der Waals surface area contributed by atoms with Gasteiger partial charge < -0.3 is 29.6 Å². The summed E-state index contributed by atoms with van der Waals surface area (Å²) in [7, 11) is 6.29. The van der Waals surface area contributed by atoms with Crippen molar-refractivity contribution in [1.82, 2.24) is 0 Å². The Morgan fingerprint density at radius 3 is 2.19 bits per heavy atom. The minimum Gasteiger partial charge on any atom is -0.497 e. The molecular weight excluding hydrogens is 336 g/mol. The largest absolute Gasteiger partial charge is 0.497 e. The first-order chi connectivity index (χ1) is 12.6. The number of ether oxygens (including phenoxy) is 4. The maximum Gasteiger partial charge on any atom is 0.226 e. The van der Waals surface area contributed by atoms with Crippen LogP contribution in [0.2, 0.25) is 0 Å². The molecule has 2 N–H and O–H groups in total. The summed E-state index contributed by atoms with van der Waals surface area (Å²) in [5.41, 5.74) is 1.41. The van der Waals surface area contributed by atoms with Gasteiger partial charge in [-0.25, -0.2) is 0 Å². The van der Waals surface area contributed by atoms with Crippen LogP contribution in [0.25, 0.3) is 0 Å². The van der Waals surface area contributed by atoms with Gasteiger partial charge in [-0.1, -0.05) is 0 Å². The van der Waals surface area contributed by atoms with Gasteiger partial charge in [0, 0.05) is 30.8 Å². The molecule has 0 bridgehead atoms. The van der Waals surface area contributed by atoms with Crippen molar-refractivity contribution in [2.75, 3.05) is 45.6 Å². The van der Waals surface area contributed by atoms with Gasteiger partial charge in [0.2, 0.25) is 5.91 Å². The topological polar surface area (TPSA) is 78.1 Å². The molecule has 2 aromatic carbocycles. The van der Waals surface area contributed by atoms with E-state index in [4.69, 9.17) is 18.9 Å². The Kier molecular flexibility index (Phi) is 6.96. The second-order valence-corrected chi connectivity index (χ2v) is 5.36. The normalized spacial score (nSPS) is 10.0. The maximum absolute atomic E-state index is 12.2. The van der Waals surface area contributed by atoms with Crippen LogP contribution in [-0.2, 0) is 4.79 Å². The molecule has 2 aromatic rings. The van der Waals surface area contributed by atoms with Gasteiger partial charge >= 0.3 is 0 Å². The van der Waals surface area contributed by atoms with E-state index in [1.54, 1.807) is 46.6 Å². The van der Waals surface area contributed by atoms with Crippen molar-refractivity contribution in [2.45, 2.75) is 6.42 Å². The van der Waals surface area contributed by atoms with E-state index in [1.807, 2.05) is 18.2 Å². The van der Waals surface area contributed by atoms with Crippen LogP contribution in [0.3, 0.4) is 0 Å². The second-order valence-electron chi connectivity index (χ2n) is 5.36. The highest BCUT2D eigenvalue weighted by Gasteiger charge is 2.09. The number of hydrogen-bond acceptors (Lipinski definition) is 6. The molecule has 0 saturated carbocycles. The number of nitrogens with one attached hydrogen (secondary N) is 2. The average Bonchev–Trinajstić information content (AvgIpc) is 2.67. The van der Waals surface area contributed by atoms with Crippen LogP contribution in [0.1, 0.15) is 6.42 Å². The first-order valence-corrected chi connectivity index (χ1v) is 8.09. The van der Waals surface area contributed by atoms with Crippen LogP contribution in [0.5, 0.6) is 23.0 Å². The number of carbonyl (C=O) groups excluding carboxylic acids is 1. The Labute approximate surface area is 153 Å². The molecule has 0 saturated heterocycles. The lowest BCUT2D eigenvalue weighted by molar-refractivity contribution is -0.116. The Bertz CT molecular complexity index is 749. The third-order valence-electron chi connectivity index (χ3n) is 3.75. The fraction of sp³-hybridized carbons (Fsp3) is 0.316. The summed E-state index contributed by atoms with van der Waals surface area (Å²) < 4.78 is 20.9. The number of amides is 1. The number of benzene rings is 2. The second kappa shape index (κ2) is 9.41. The molecule has 0 heterocycles. The highest BCUT2D eigenvalue weighted by molar-refractivity contribution is 5.92. The van der Waals surface area contributed by atoms with Crippen LogP contribution in [0.15, 0.2) is 36.4 Å². The van der Waals surface area contributed by atoms with Gasteiger partial charge in [0.05, 0.1) is 34.1 Å². The SMILES string of the molecule is COc1ccc(OC)c(NC(=O)CCNc2ccc(OC)c(OC)c2)c1. The van der Waals surface area contributed by atoms with E-state index in [2.05, 4.69) is 10.6 Å². The zero-order valence-corrected chi connectivity index (χ0v) is 15.4. The van der Waals surface area contributed by atoms with Crippen molar-refractivity contribution in [3.8, 4) is 23.0 Å². The predicted octanol–water partition coefficient (Wildman–Crippen LogP) is 3.16. The first-order valence-electron chi connectivity index (χ1n) is 8.09. The van der Waals surface area contributed by atoms with E-state index in [1.165, 1.54) is 0 Å². The number of anilines is 2. The molecule has 0 aromatic heterocycles. The van der Waals surface area contributed by atoms with E-state index < -0.39 is 0 Å². The lowest BCUT2D eigenvalue weighted by Gasteiger charge is -2.13. The van der Waals surface area contributed by atoms with Crippen molar-refractivity contribution in [1.29, 1.82) is 0 Å². The molecule has 0 aliphatic carbocycles. The fourth-order valence-electron chi connectivity index (χ4n) is 2.39. The monoisotopic (exact) mass is 360 g/mol. The Balaban J connectivity index is 1.91. The molecule has 2 rings (SSSR count). The quantitative estimate of drug-likeness (QED) is 0.715. The molecule has 7 nitrogen and oxygen atoms in total. The van der Waals surface area contributed by atoms with Crippen LogP contribution in [-0.4, -0.2) is 40.9 Å². The lowest BCUT2D eigenvalue weighted by Crippen LogP contribution is -2.16. The minimum absolute atomic E-state index is 0.135. The summed E-state index contributed by atoms with van der Waals surface area (Å²) in [5, 5.41) is 6.02. The summed E-state index contributed by atoms with van der Waals surface area (Å²) in [4.78, 5) is 12.2. The molecule has 0 radical (unpaired) electrons. The molecule has 1 amide bonds. The number of carbonyl (C=O) groups is 1. The van der Waals surface area contributed by atoms with Crippen molar-refractivity contribution in [3.05, 3.63) is 36.4 Å². The Morgan fingerprint density at radius 2 is 1.54 bits per heavy atom. The summed E-state index contributed by atoms with van der Waals surface area (Å²) >= 11 is 0. The molecule has 0 aliphatic heterocycles. The molecule has 0 spiro atoms.